The molecule has 1 aromatic heterocycles. The number of hydrogen-bond acceptors (Lipinski definition) is 2. The van der Waals surface area contributed by atoms with Gasteiger partial charge in [0, 0.05) is 21.6 Å². The number of hydrogen-bond donors (Lipinski definition) is 1. The van der Waals surface area contributed by atoms with Crippen molar-refractivity contribution in [2.45, 2.75) is 6.04 Å². The van der Waals surface area contributed by atoms with Gasteiger partial charge in [-0.25, -0.2) is 4.39 Å². The molecule has 0 spiro atoms. The van der Waals surface area contributed by atoms with Crippen LogP contribution in [0.25, 0.3) is 10.9 Å². The molecule has 2 nitrogen and oxygen atoms in total. The number of rotatable bonds is 2. The lowest BCUT2D eigenvalue weighted by Crippen LogP contribution is -2.14. The first-order chi connectivity index (χ1) is 9.66. The molecule has 3 aromatic rings. The minimum atomic E-state index is -0.518. The predicted molar refractivity (Wildman–Crippen MR) is 81.9 cm³/mol. The van der Waals surface area contributed by atoms with Gasteiger partial charge in [-0.1, -0.05) is 40.2 Å². The van der Waals surface area contributed by atoms with Gasteiger partial charge >= 0.3 is 0 Å². The van der Waals surface area contributed by atoms with Gasteiger partial charge in [-0.3, -0.25) is 4.98 Å². The van der Waals surface area contributed by atoms with Crippen molar-refractivity contribution in [3.63, 3.8) is 0 Å². The van der Waals surface area contributed by atoms with E-state index in [0.29, 0.717) is 10.0 Å². The summed E-state index contributed by atoms with van der Waals surface area (Å²) in [7, 11) is 0. The van der Waals surface area contributed by atoms with Crippen LogP contribution in [0.5, 0.6) is 0 Å². The minimum Gasteiger partial charge on any atom is -0.320 e. The van der Waals surface area contributed by atoms with Crippen molar-refractivity contribution in [2.75, 3.05) is 0 Å². The van der Waals surface area contributed by atoms with Crippen LogP contribution in [0.4, 0.5) is 4.39 Å². The van der Waals surface area contributed by atoms with Crippen molar-refractivity contribution in [3.8, 4) is 0 Å². The van der Waals surface area contributed by atoms with Crippen molar-refractivity contribution in [1.29, 1.82) is 0 Å². The molecule has 1 unspecified atom stereocenters. The first-order valence-corrected chi connectivity index (χ1v) is 7.00. The molecule has 0 amide bonds. The Bertz CT molecular complexity index is 768. The predicted octanol–water partition coefficient (Wildman–Crippen LogP) is 4.18. The van der Waals surface area contributed by atoms with E-state index in [2.05, 4.69) is 20.9 Å². The summed E-state index contributed by atoms with van der Waals surface area (Å²) in [5, 5.41) is 0.949. The first-order valence-electron chi connectivity index (χ1n) is 6.21. The molecule has 0 bridgehead atoms. The number of pyridine rings is 1. The zero-order valence-corrected chi connectivity index (χ0v) is 12.1. The van der Waals surface area contributed by atoms with Crippen molar-refractivity contribution >= 4 is 26.8 Å². The van der Waals surface area contributed by atoms with Gasteiger partial charge in [0.05, 0.1) is 11.6 Å². The molecule has 0 fully saturated rings. The van der Waals surface area contributed by atoms with Gasteiger partial charge in [0.15, 0.2) is 0 Å². The highest BCUT2D eigenvalue weighted by molar-refractivity contribution is 9.10. The Morgan fingerprint density at radius 2 is 1.90 bits per heavy atom. The van der Waals surface area contributed by atoms with Crippen LogP contribution in [0.1, 0.15) is 17.2 Å². The normalized spacial score (nSPS) is 12.6. The van der Waals surface area contributed by atoms with E-state index in [0.717, 1.165) is 16.5 Å². The molecule has 0 saturated heterocycles. The molecular formula is C16H12BrFN2. The zero-order chi connectivity index (χ0) is 14.1. The maximum atomic E-state index is 14.1. The molecule has 0 saturated carbocycles. The molecule has 0 radical (unpaired) electrons. The Morgan fingerprint density at radius 3 is 2.70 bits per heavy atom. The van der Waals surface area contributed by atoms with Crippen LogP contribution in [0.3, 0.4) is 0 Å². The number of fused-ring (bicyclic) bond motifs is 1. The van der Waals surface area contributed by atoms with E-state index in [1.54, 1.807) is 18.3 Å². The fourth-order valence-electron chi connectivity index (χ4n) is 2.32. The Hall–Kier alpha value is -1.78. The lowest BCUT2D eigenvalue weighted by atomic mass is 9.95. The lowest BCUT2D eigenvalue weighted by Gasteiger charge is -2.15. The molecule has 4 heteroatoms. The number of aromatic nitrogens is 1. The monoisotopic (exact) mass is 330 g/mol. The van der Waals surface area contributed by atoms with Crippen molar-refractivity contribution in [2.24, 2.45) is 5.73 Å². The van der Waals surface area contributed by atoms with E-state index in [-0.39, 0.29) is 5.82 Å². The first kappa shape index (κ1) is 13.2. The van der Waals surface area contributed by atoms with Crippen LogP contribution >= 0.6 is 15.9 Å². The maximum Gasteiger partial charge on any atom is 0.129 e. The number of benzene rings is 2. The van der Waals surface area contributed by atoms with Crippen molar-refractivity contribution in [1.82, 2.24) is 4.98 Å². The summed E-state index contributed by atoms with van der Waals surface area (Å²) in [5.74, 6) is -0.312. The molecule has 2 N–H and O–H groups in total. The van der Waals surface area contributed by atoms with Crippen LogP contribution in [0.15, 0.2) is 59.2 Å². The largest absolute Gasteiger partial charge is 0.320 e. The van der Waals surface area contributed by atoms with Gasteiger partial charge in [-0.2, -0.15) is 0 Å². The van der Waals surface area contributed by atoms with Crippen LogP contribution in [0, 0.1) is 5.82 Å². The summed E-state index contributed by atoms with van der Waals surface area (Å²) in [6, 6.07) is 13.9. The van der Waals surface area contributed by atoms with Gasteiger partial charge in [0.2, 0.25) is 0 Å². The third-order valence-corrected chi connectivity index (χ3v) is 3.81. The van der Waals surface area contributed by atoms with E-state index < -0.39 is 6.04 Å². The highest BCUT2D eigenvalue weighted by atomic mass is 79.9. The Balaban J connectivity index is 2.15. The second-order valence-corrected chi connectivity index (χ2v) is 5.48. The van der Waals surface area contributed by atoms with Crippen molar-refractivity contribution in [3.05, 3.63) is 76.1 Å². The zero-order valence-electron chi connectivity index (χ0n) is 10.6. The Morgan fingerprint density at radius 1 is 1.05 bits per heavy atom. The van der Waals surface area contributed by atoms with E-state index in [1.165, 1.54) is 6.07 Å². The topological polar surface area (TPSA) is 38.9 Å². The standard InChI is InChI=1S/C16H12BrFN2/c17-10-6-7-13(14(18)9-10)16(19)12-3-1-5-15-11(12)4-2-8-20-15/h1-9,16H,19H2. The van der Waals surface area contributed by atoms with Gasteiger partial charge in [0.1, 0.15) is 5.82 Å². The highest BCUT2D eigenvalue weighted by Crippen LogP contribution is 2.28. The third kappa shape index (κ3) is 2.32. The van der Waals surface area contributed by atoms with Crippen LogP contribution in [-0.2, 0) is 0 Å². The van der Waals surface area contributed by atoms with Crippen LogP contribution in [-0.4, -0.2) is 4.98 Å². The second-order valence-electron chi connectivity index (χ2n) is 4.56. The lowest BCUT2D eigenvalue weighted by molar-refractivity contribution is 0.599. The van der Waals surface area contributed by atoms with Crippen LogP contribution in [0.2, 0.25) is 0 Å². The maximum absolute atomic E-state index is 14.1. The molecule has 3 rings (SSSR count). The second kappa shape index (κ2) is 5.31. The SMILES string of the molecule is NC(c1ccc(Br)cc1F)c1cccc2ncccc12. The number of nitrogens with zero attached hydrogens (tertiary/aromatic N) is 1. The van der Waals surface area contributed by atoms with Gasteiger partial charge < -0.3 is 5.73 Å². The summed E-state index contributed by atoms with van der Waals surface area (Å²) >= 11 is 3.25. The molecular weight excluding hydrogens is 319 g/mol. The van der Waals surface area contributed by atoms with Crippen LogP contribution < -0.4 is 5.73 Å². The van der Waals surface area contributed by atoms with E-state index in [1.807, 2.05) is 30.3 Å². The summed E-state index contributed by atoms with van der Waals surface area (Å²) in [4.78, 5) is 4.30. The fraction of sp³-hybridized carbons (Fsp3) is 0.0625. The molecule has 1 heterocycles. The van der Waals surface area contributed by atoms with E-state index in [9.17, 15) is 4.39 Å². The summed E-state index contributed by atoms with van der Waals surface area (Å²) in [6.07, 6.45) is 1.73. The quantitative estimate of drug-likeness (QED) is 0.765. The summed E-state index contributed by atoms with van der Waals surface area (Å²) in [5.41, 5.74) is 8.46. The molecule has 1 atom stereocenters. The highest BCUT2D eigenvalue weighted by Gasteiger charge is 2.16. The fourth-order valence-corrected chi connectivity index (χ4v) is 2.65. The van der Waals surface area contributed by atoms with E-state index in [4.69, 9.17) is 5.73 Å². The average Bonchev–Trinajstić information content (AvgIpc) is 2.46. The summed E-state index contributed by atoms with van der Waals surface area (Å²) < 4.78 is 14.8. The molecule has 0 aliphatic heterocycles. The van der Waals surface area contributed by atoms with E-state index >= 15 is 0 Å². The van der Waals surface area contributed by atoms with Gasteiger partial charge in [-0.05, 0) is 29.8 Å². The van der Waals surface area contributed by atoms with Gasteiger partial charge in [0.25, 0.3) is 0 Å². The number of halogens is 2. The Labute approximate surface area is 124 Å². The third-order valence-electron chi connectivity index (χ3n) is 3.31. The molecule has 0 aliphatic carbocycles. The average molecular weight is 331 g/mol. The Kier molecular flexibility index (Phi) is 3.51. The molecule has 0 aliphatic rings. The van der Waals surface area contributed by atoms with Gasteiger partial charge in [-0.15, -0.1) is 0 Å². The molecule has 100 valence electrons. The smallest absolute Gasteiger partial charge is 0.129 e. The minimum absolute atomic E-state index is 0.312. The number of nitrogens with two attached hydrogens (primary N) is 1. The molecule has 2 aromatic carbocycles. The van der Waals surface area contributed by atoms with Crippen molar-refractivity contribution < 1.29 is 4.39 Å². The molecule has 20 heavy (non-hydrogen) atoms. The summed E-state index contributed by atoms with van der Waals surface area (Å²) in [6.45, 7) is 0.